The highest BCUT2D eigenvalue weighted by Crippen LogP contribution is 2.34. The van der Waals surface area contributed by atoms with Gasteiger partial charge in [0.25, 0.3) is 5.91 Å². The lowest BCUT2D eigenvalue weighted by molar-refractivity contribution is -0.113. The number of para-hydroxylation sites is 1. The minimum Gasteiger partial charge on any atom is -0.351 e. The molecule has 0 radical (unpaired) electrons. The van der Waals surface area contributed by atoms with E-state index in [9.17, 15) is 4.79 Å². The number of piperidine rings is 1. The number of carbonyl (C=O) groups is 1. The topological polar surface area (TPSA) is 50.5 Å². The van der Waals surface area contributed by atoms with Crippen molar-refractivity contribution in [1.29, 1.82) is 0 Å². The number of aryl methyl sites for hydroxylation is 1. The molecule has 5 nitrogen and oxygen atoms in total. The van der Waals surface area contributed by atoms with Crippen LogP contribution in [-0.2, 0) is 4.79 Å². The summed E-state index contributed by atoms with van der Waals surface area (Å²) < 4.78 is 1.87. The Kier molecular flexibility index (Phi) is 5.47. The number of rotatable bonds is 3. The quantitative estimate of drug-likeness (QED) is 0.531. The van der Waals surface area contributed by atoms with E-state index in [-0.39, 0.29) is 5.91 Å². The Bertz CT molecular complexity index is 1160. The number of benzene rings is 2. The van der Waals surface area contributed by atoms with E-state index in [1.807, 2.05) is 47.3 Å². The molecule has 3 aromatic rings. The Balaban J connectivity index is 1.51. The summed E-state index contributed by atoms with van der Waals surface area (Å²) in [5.41, 5.74) is 4.98. The minimum absolute atomic E-state index is 0.159. The van der Waals surface area contributed by atoms with E-state index in [1.165, 1.54) is 23.7 Å². The Labute approximate surface area is 186 Å². The molecule has 31 heavy (non-hydrogen) atoms. The Morgan fingerprint density at radius 1 is 0.968 bits per heavy atom. The van der Waals surface area contributed by atoms with Crippen molar-refractivity contribution in [2.45, 2.75) is 26.2 Å². The fourth-order valence-corrected chi connectivity index (χ4v) is 4.86. The molecule has 0 aliphatic carbocycles. The molecule has 1 saturated heterocycles. The van der Waals surface area contributed by atoms with Crippen LogP contribution >= 0.6 is 11.8 Å². The molecule has 2 aromatic carbocycles. The summed E-state index contributed by atoms with van der Waals surface area (Å²) >= 11 is 1.48. The lowest BCUT2D eigenvalue weighted by atomic mass is 10.1. The van der Waals surface area contributed by atoms with Crippen molar-refractivity contribution >= 4 is 28.9 Å². The summed E-state index contributed by atoms with van der Waals surface area (Å²) in [5, 5.41) is 5.70. The van der Waals surface area contributed by atoms with Crippen LogP contribution in [0.1, 0.15) is 30.4 Å². The molecular formula is C25H24N4OS. The molecule has 1 amide bonds. The van der Waals surface area contributed by atoms with E-state index in [1.54, 1.807) is 0 Å². The molecule has 0 bridgehead atoms. The standard InChI is InChI=1S/C25H24N4OS/c1-18-10-12-19(13-11-18)23-20(17-29(27-23)21-8-4-2-5-9-21)16-22-24(30)26-25(31-22)28-14-6-3-7-15-28/h2,4-5,8-13,16-17H,3,6-7,14-15H2,1H3/b22-16-. The monoisotopic (exact) mass is 428 g/mol. The van der Waals surface area contributed by atoms with Gasteiger partial charge in [0.15, 0.2) is 5.17 Å². The predicted molar refractivity (Wildman–Crippen MR) is 127 cm³/mol. The van der Waals surface area contributed by atoms with Gasteiger partial charge in [-0.1, -0.05) is 48.0 Å². The zero-order chi connectivity index (χ0) is 21.2. The van der Waals surface area contributed by atoms with E-state index in [0.717, 1.165) is 53.6 Å². The number of hydrogen-bond acceptors (Lipinski definition) is 4. The number of hydrogen-bond donors (Lipinski definition) is 0. The second-order valence-electron chi connectivity index (χ2n) is 7.94. The molecule has 2 aliphatic rings. The van der Waals surface area contributed by atoms with E-state index >= 15 is 0 Å². The summed E-state index contributed by atoms with van der Waals surface area (Å²) in [7, 11) is 0. The molecule has 1 aromatic heterocycles. The number of amidine groups is 1. The van der Waals surface area contributed by atoms with Crippen LogP contribution in [0.2, 0.25) is 0 Å². The molecule has 0 spiro atoms. The predicted octanol–water partition coefficient (Wildman–Crippen LogP) is 5.30. The molecule has 0 atom stereocenters. The molecule has 2 aliphatic heterocycles. The third kappa shape index (κ3) is 4.21. The van der Waals surface area contributed by atoms with Gasteiger partial charge in [0, 0.05) is 30.4 Å². The number of aliphatic imine (C=N–C) groups is 1. The van der Waals surface area contributed by atoms with Gasteiger partial charge >= 0.3 is 0 Å². The molecule has 1 fully saturated rings. The van der Waals surface area contributed by atoms with E-state index < -0.39 is 0 Å². The summed E-state index contributed by atoms with van der Waals surface area (Å²) in [6.07, 6.45) is 7.51. The lowest BCUT2D eigenvalue weighted by Crippen LogP contribution is -2.33. The highest BCUT2D eigenvalue weighted by Gasteiger charge is 2.27. The number of likely N-dealkylation sites (tertiary alicyclic amines) is 1. The van der Waals surface area contributed by atoms with Crippen molar-refractivity contribution in [3.8, 4) is 16.9 Å². The molecule has 3 heterocycles. The van der Waals surface area contributed by atoms with Gasteiger partial charge in [-0.05, 0) is 56.2 Å². The van der Waals surface area contributed by atoms with Gasteiger partial charge in [-0.25, -0.2) is 4.68 Å². The van der Waals surface area contributed by atoms with Crippen LogP contribution in [0, 0.1) is 6.92 Å². The maximum absolute atomic E-state index is 12.7. The summed E-state index contributed by atoms with van der Waals surface area (Å²) in [6.45, 7) is 4.03. The maximum Gasteiger partial charge on any atom is 0.286 e. The third-order valence-corrected chi connectivity index (χ3v) is 6.66. The van der Waals surface area contributed by atoms with Crippen LogP contribution in [0.4, 0.5) is 0 Å². The van der Waals surface area contributed by atoms with E-state index in [4.69, 9.17) is 5.10 Å². The van der Waals surface area contributed by atoms with Crippen molar-refractivity contribution in [3.05, 3.63) is 76.8 Å². The van der Waals surface area contributed by atoms with Crippen molar-refractivity contribution in [2.75, 3.05) is 13.1 Å². The van der Waals surface area contributed by atoms with Gasteiger partial charge in [0.1, 0.15) is 0 Å². The van der Waals surface area contributed by atoms with E-state index in [2.05, 4.69) is 41.1 Å². The van der Waals surface area contributed by atoms with Gasteiger partial charge in [0.2, 0.25) is 0 Å². The minimum atomic E-state index is -0.159. The number of thioether (sulfide) groups is 1. The van der Waals surface area contributed by atoms with Crippen molar-refractivity contribution in [2.24, 2.45) is 4.99 Å². The highest BCUT2D eigenvalue weighted by molar-refractivity contribution is 8.18. The van der Waals surface area contributed by atoms with Gasteiger partial charge in [0.05, 0.1) is 16.3 Å². The maximum atomic E-state index is 12.7. The highest BCUT2D eigenvalue weighted by atomic mass is 32.2. The Morgan fingerprint density at radius 2 is 1.71 bits per heavy atom. The summed E-state index contributed by atoms with van der Waals surface area (Å²) in [6, 6.07) is 18.4. The average Bonchev–Trinajstić information content (AvgIpc) is 3.40. The third-order valence-electron chi connectivity index (χ3n) is 5.61. The molecule has 0 unspecified atom stereocenters. The molecular weight excluding hydrogens is 404 g/mol. The van der Waals surface area contributed by atoms with Crippen LogP contribution in [0.25, 0.3) is 23.0 Å². The largest absolute Gasteiger partial charge is 0.351 e. The number of carbonyl (C=O) groups excluding carboxylic acids is 1. The van der Waals surface area contributed by atoms with Crippen LogP contribution in [0.15, 0.2) is 70.7 Å². The number of aromatic nitrogens is 2. The zero-order valence-corrected chi connectivity index (χ0v) is 18.3. The van der Waals surface area contributed by atoms with E-state index in [0.29, 0.717) is 4.91 Å². The first-order chi connectivity index (χ1) is 15.2. The van der Waals surface area contributed by atoms with Crippen molar-refractivity contribution in [1.82, 2.24) is 14.7 Å². The zero-order valence-electron chi connectivity index (χ0n) is 17.5. The molecule has 6 heteroatoms. The molecule has 0 saturated carbocycles. The summed E-state index contributed by atoms with van der Waals surface area (Å²) in [5.74, 6) is -0.159. The van der Waals surface area contributed by atoms with Crippen molar-refractivity contribution in [3.63, 3.8) is 0 Å². The van der Waals surface area contributed by atoms with Crippen LogP contribution in [-0.4, -0.2) is 38.8 Å². The normalized spacial score (nSPS) is 18.0. The van der Waals surface area contributed by atoms with Gasteiger partial charge in [-0.2, -0.15) is 10.1 Å². The molecule has 156 valence electrons. The second kappa shape index (κ2) is 8.55. The van der Waals surface area contributed by atoms with Crippen LogP contribution in [0.3, 0.4) is 0 Å². The fourth-order valence-electron chi connectivity index (χ4n) is 3.90. The first-order valence-electron chi connectivity index (χ1n) is 10.7. The Hall–Kier alpha value is -3.12. The fraction of sp³-hybridized carbons (Fsp3) is 0.240. The first kappa shape index (κ1) is 19.8. The molecule has 5 rings (SSSR count). The molecule has 0 N–H and O–H groups in total. The SMILES string of the molecule is Cc1ccc(-c2nn(-c3ccccc3)cc2/C=C2\SC(N3CCCCC3)=NC2=O)cc1. The smallest absolute Gasteiger partial charge is 0.286 e. The Morgan fingerprint density at radius 3 is 2.45 bits per heavy atom. The average molecular weight is 429 g/mol. The first-order valence-corrected chi connectivity index (χ1v) is 11.5. The number of nitrogens with zero attached hydrogens (tertiary/aromatic N) is 4. The second-order valence-corrected chi connectivity index (χ2v) is 8.95. The van der Waals surface area contributed by atoms with Crippen molar-refractivity contribution < 1.29 is 4.79 Å². The lowest BCUT2D eigenvalue weighted by Gasteiger charge is -2.27. The summed E-state index contributed by atoms with van der Waals surface area (Å²) in [4.78, 5) is 19.9. The van der Waals surface area contributed by atoms with Gasteiger partial charge in [-0.15, -0.1) is 0 Å². The van der Waals surface area contributed by atoms with Crippen LogP contribution < -0.4 is 0 Å². The van der Waals surface area contributed by atoms with Gasteiger partial charge in [-0.3, -0.25) is 4.79 Å². The van der Waals surface area contributed by atoms with Crippen LogP contribution in [0.5, 0.6) is 0 Å². The number of amides is 1. The van der Waals surface area contributed by atoms with Gasteiger partial charge < -0.3 is 4.90 Å².